The zero-order valence-electron chi connectivity index (χ0n) is 14.3. The van der Waals surface area contributed by atoms with E-state index in [1.807, 2.05) is 6.07 Å². The molecule has 3 aromatic carbocycles. The number of halogens is 2. The van der Waals surface area contributed by atoms with E-state index in [0.717, 1.165) is 17.7 Å². The molecule has 144 valence electrons. The van der Waals surface area contributed by atoms with Gasteiger partial charge in [-0.15, -0.1) is 0 Å². The van der Waals surface area contributed by atoms with Gasteiger partial charge in [0.05, 0.1) is 16.3 Å². The number of aromatic hydroxyl groups is 1. The van der Waals surface area contributed by atoms with Gasteiger partial charge in [0, 0.05) is 5.56 Å². The van der Waals surface area contributed by atoms with Gasteiger partial charge in [0.25, 0.3) is 0 Å². The van der Waals surface area contributed by atoms with Crippen molar-refractivity contribution >= 4 is 27.4 Å². The highest BCUT2D eigenvalue weighted by atomic mass is 35.5. The molecule has 2 N–H and O–H groups in total. The summed E-state index contributed by atoms with van der Waals surface area (Å²) in [6.07, 6.45) is 0. The smallest absolute Gasteiger partial charge is 0.335 e. The summed E-state index contributed by atoms with van der Waals surface area (Å²) in [7, 11) is -4.26. The van der Waals surface area contributed by atoms with Gasteiger partial charge in [-0.3, -0.25) is 0 Å². The fourth-order valence-corrected chi connectivity index (χ4v) is 4.48. The van der Waals surface area contributed by atoms with Crippen molar-refractivity contribution in [3.8, 4) is 16.9 Å². The molecule has 5 nitrogen and oxygen atoms in total. The van der Waals surface area contributed by atoms with Crippen LogP contribution in [0.5, 0.6) is 5.75 Å². The van der Waals surface area contributed by atoms with Crippen molar-refractivity contribution in [2.75, 3.05) is 0 Å². The minimum Gasteiger partial charge on any atom is -0.505 e. The largest absolute Gasteiger partial charge is 0.505 e. The molecule has 0 aliphatic carbocycles. The number of hydrogen-bond donors (Lipinski definition) is 2. The Morgan fingerprint density at radius 3 is 2.29 bits per heavy atom. The van der Waals surface area contributed by atoms with E-state index in [0.29, 0.717) is 5.56 Å². The molecule has 0 fully saturated rings. The molecular weight excluding hydrogens is 407 g/mol. The Bertz CT molecular complexity index is 1160. The van der Waals surface area contributed by atoms with E-state index in [1.165, 1.54) is 12.1 Å². The number of sulfone groups is 1. The summed E-state index contributed by atoms with van der Waals surface area (Å²) in [6, 6.07) is 14.9. The summed E-state index contributed by atoms with van der Waals surface area (Å²) < 4.78 is 39.9. The lowest BCUT2D eigenvalue weighted by molar-refractivity contribution is 0.0696. The highest BCUT2D eigenvalue weighted by Crippen LogP contribution is 2.34. The molecule has 0 aliphatic rings. The average Bonchev–Trinajstić information content (AvgIpc) is 2.65. The minimum absolute atomic E-state index is 0.115. The van der Waals surface area contributed by atoms with Crippen LogP contribution in [0.4, 0.5) is 4.39 Å². The third-order valence-electron chi connectivity index (χ3n) is 4.12. The SMILES string of the molecule is O=C(O)c1cc(Cl)c(O)c(S(=O)(=O)Cc2ccc(-c3ccccc3)cc2F)c1. The van der Waals surface area contributed by atoms with E-state index >= 15 is 0 Å². The van der Waals surface area contributed by atoms with Crippen molar-refractivity contribution in [1.29, 1.82) is 0 Å². The van der Waals surface area contributed by atoms with Gasteiger partial charge >= 0.3 is 5.97 Å². The lowest BCUT2D eigenvalue weighted by atomic mass is 10.0. The molecule has 0 saturated carbocycles. The molecule has 8 heteroatoms. The van der Waals surface area contributed by atoms with E-state index in [4.69, 9.17) is 16.7 Å². The number of hydrogen-bond acceptors (Lipinski definition) is 4. The Kier molecular flexibility index (Phi) is 5.40. The zero-order valence-corrected chi connectivity index (χ0v) is 15.8. The number of carboxylic acids is 1. The van der Waals surface area contributed by atoms with Crippen LogP contribution in [0.1, 0.15) is 15.9 Å². The first-order chi connectivity index (χ1) is 13.2. The van der Waals surface area contributed by atoms with Crippen LogP contribution in [0, 0.1) is 5.82 Å². The maximum atomic E-state index is 14.5. The number of phenolic OH excluding ortho intramolecular Hbond substituents is 1. The Morgan fingerprint density at radius 2 is 1.68 bits per heavy atom. The van der Waals surface area contributed by atoms with E-state index in [2.05, 4.69) is 0 Å². The monoisotopic (exact) mass is 420 g/mol. The van der Waals surface area contributed by atoms with Crippen molar-refractivity contribution in [2.45, 2.75) is 10.6 Å². The molecule has 0 saturated heterocycles. The van der Waals surface area contributed by atoms with E-state index in [1.54, 1.807) is 30.3 Å². The molecule has 0 aliphatic heterocycles. The van der Waals surface area contributed by atoms with Gasteiger partial charge < -0.3 is 10.2 Å². The van der Waals surface area contributed by atoms with Crippen molar-refractivity contribution < 1.29 is 27.8 Å². The second kappa shape index (κ2) is 7.61. The van der Waals surface area contributed by atoms with E-state index in [-0.39, 0.29) is 5.56 Å². The highest BCUT2D eigenvalue weighted by Gasteiger charge is 2.25. The topological polar surface area (TPSA) is 91.7 Å². The molecule has 0 atom stereocenters. The van der Waals surface area contributed by atoms with Gasteiger partial charge in [-0.05, 0) is 29.3 Å². The van der Waals surface area contributed by atoms with Gasteiger partial charge in [-0.2, -0.15) is 0 Å². The van der Waals surface area contributed by atoms with E-state index in [9.17, 15) is 22.7 Å². The number of benzene rings is 3. The normalized spacial score (nSPS) is 11.4. The summed E-state index contributed by atoms with van der Waals surface area (Å²) >= 11 is 5.74. The third kappa shape index (κ3) is 4.00. The van der Waals surface area contributed by atoms with E-state index < -0.39 is 48.6 Å². The minimum atomic E-state index is -4.26. The van der Waals surface area contributed by atoms with Crippen LogP contribution in [0.25, 0.3) is 11.1 Å². The lowest BCUT2D eigenvalue weighted by Gasteiger charge is -2.11. The number of carboxylic acid groups (broad SMARTS) is 1. The van der Waals surface area contributed by atoms with Crippen molar-refractivity contribution in [3.63, 3.8) is 0 Å². The molecule has 0 spiro atoms. The van der Waals surface area contributed by atoms with Crippen LogP contribution in [-0.2, 0) is 15.6 Å². The van der Waals surface area contributed by atoms with Crippen LogP contribution in [0.2, 0.25) is 5.02 Å². The van der Waals surface area contributed by atoms with Gasteiger partial charge in [0.15, 0.2) is 15.6 Å². The number of carbonyl (C=O) groups is 1. The summed E-state index contributed by atoms with van der Waals surface area (Å²) in [5.41, 5.74) is 0.838. The quantitative estimate of drug-likeness (QED) is 0.633. The van der Waals surface area contributed by atoms with Crippen LogP contribution in [0.3, 0.4) is 0 Å². The molecule has 3 rings (SSSR count). The van der Waals surface area contributed by atoms with Gasteiger partial charge in [-0.1, -0.05) is 54.1 Å². The fourth-order valence-electron chi connectivity index (χ4n) is 2.69. The van der Waals surface area contributed by atoms with Crippen LogP contribution in [-0.4, -0.2) is 24.6 Å². The molecule has 0 aromatic heterocycles. The lowest BCUT2D eigenvalue weighted by Crippen LogP contribution is -2.09. The Balaban J connectivity index is 1.99. The predicted octanol–water partition coefficient (Wildman–Crippen LogP) is 4.52. The highest BCUT2D eigenvalue weighted by molar-refractivity contribution is 7.90. The molecule has 0 heterocycles. The van der Waals surface area contributed by atoms with Gasteiger partial charge in [0.1, 0.15) is 10.7 Å². The number of aromatic carboxylic acids is 1. The molecule has 0 bridgehead atoms. The summed E-state index contributed by atoms with van der Waals surface area (Å²) in [4.78, 5) is 10.5. The maximum absolute atomic E-state index is 14.5. The third-order valence-corrected chi connectivity index (χ3v) is 6.08. The second-order valence-corrected chi connectivity index (χ2v) is 8.41. The van der Waals surface area contributed by atoms with Gasteiger partial charge in [-0.25, -0.2) is 17.6 Å². The molecule has 3 aromatic rings. The average molecular weight is 421 g/mol. The number of rotatable bonds is 5. The fraction of sp³-hybridized carbons (Fsp3) is 0.0500. The van der Waals surface area contributed by atoms with Crippen LogP contribution >= 0.6 is 11.6 Å². The molecular formula is C20H14ClFO5S. The first-order valence-electron chi connectivity index (χ1n) is 8.01. The first kappa shape index (κ1) is 19.9. The molecule has 28 heavy (non-hydrogen) atoms. The predicted molar refractivity (Wildman–Crippen MR) is 103 cm³/mol. The Labute approximate surface area is 165 Å². The molecule has 0 amide bonds. The first-order valence-corrected chi connectivity index (χ1v) is 10.0. The maximum Gasteiger partial charge on any atom is 0.335 e. The summed E-state index contributed by atoms with van der Waals surface area (Å²) in [6.45, 7) is 0. The summed E-state index contributed by atoms with van der Waals surface area (Å²) in [5, 5.41) is 18.6. The zero-order chi connectivity index (χ0) is 20.5. The standard InChI is InChI=1S/C20H14ClFO5S/c21-16-8-15(20(24)25)10-18(19(16)23)28(26,27)11-14-7-6-13(9-17(14)22)12-4-2-1-3-5-12/h1-10,23H,11H2,(H,24,25). The van der Waals surface area contributed by atoms with Crippen molar-refractivity contribution in [1.82, 2.24) is 0 Å². The Morgan fingerprint density at radius 1 is 1.00 bits per heavy atom. The summed E-state index contributed by atoms with van der Waals surface area (Å²) in [5.74, 6) is -3.67. The van der Waals surface area contributed by atoms with Crippen molar-refractivity contribution in [2.24, 2.45) is 0 Å². The Hall–Kier alpha value is -2.90. The van der Waals surface area contributed by atoms with Gasteiger partial charge in [0.2, 0.25) is 0 Å². The van der Waals surface area contributed by atoms with Crippen LogP contribution in [0.15, 0.2) is 65.6 Å². The van der Waals surface area contributed by atoms with Crippen LogP contribution < -0.4 is 0 Å². The molecule has 0 unspecified atom stereocenters. The van der Waals surface area contributed by atoms with Crippen molar-refractivity contribution in [3.05, 3.63) is 82.6 Å². The second-order valence-electron chi connectivity index (χ2n) is 6.04. The number of phenols is 1. The molecule has 0 radical (unpaired) electrons.